The highest BCUT2D eigenvalue weighted by molar-refractivity contribution is 9.10. The lowest BCUT2D eigenvalue weighted by molar-refractivity contribution is 0.760. The van der Waals surface area contributed by atoms with Gasteiger partial charge in [-0.15, -0.1) is 0 Å². The Bertz CT molecular complexity index is 473. The number of nitrogens with zero attached hydrogens (tertiary/aromatic N) is 1. The average Bonchev–Trinajstić information content (AvgIpc) is 2.47. The molecule has 0 radical (unpaired) electrons. The summed E-state index contributed by atoms with van der Waals surface area (Å²) >= 11 is 3.45. The molecule has 14 heavy (non-hydrogen) atoms. The third kappa shape index (κ3) is 1.55. The van der Waals surface area contributed by atoms with Crippen LogP contribution in [-0.2, 0) is 0 Å². The standard InChI is InChI=1S/C10H12BrN3/c1-5-3-7(11)4-8-9(5)14-10(13-8)6(2)12/h3-4,6H,12H2,1-2H3,(H,13,14)/t6-/m1/s1. The zero-order chi connectivity index (χ0) is 10.3. The minimum Gasteiger partial charge on any atom is -0.341 e. The van der Waals surface area contributed by atoms with E-state index in [1.165, 1.54) is 0 Å². The molecule has 0 spiro atoms. The minimum atomic E-state index is -0.0550. The molecule has 74 valence electrons. The summed E-state index contributed by atoms with van der Waals surface area (Å²) in [5.74, 6) is 0.834. The van der Waals surface area contributed by atoms with Crippen molar-refractivity contribution >= 4 is 27.0 Å². The van der Waals surface area contributed by atoms with E-state index in [0.717, 1.165) is 26.9 Å². The molecule has 4 heteroatoms. The van der Waals surface area contributed by atoms with Crippen LogP contribution < -0.4 is 5.73 Å². The zero-order valence-corrected chi connectivity index (χ0v) is 9.72. The number of aromatic nitrogens is 2. The molecular weight excluding hydrogens is 242 g/mol. The van der Waals surface area contributed by atoms with Gasteiger partial charge in [-0.25, -0.2) is 4.98 Å². The van der Waals surface area contributed by atoms with Crippen molar-refractivity contribution in [3.8, 4) is 0 Å². The van der Waals surface area contributed by atoms with E-state index >= 15 is 0 Å². The number of aromatic amines is 1. The fourth-order valence-electron chi connectivity index (χ4n) is 1.48. The van der Waals surface area contributed by atoms with Crippen LogP contribution in [0.4, 0.5) is 0 Å². The molecule has 1 heterocycles. The molecule has 0 aliphatic rings. The monoisotopic (exact) mass is 253 g/mol. The van der Waals surface area contributed by atoms with Crippen LogP contribution in [0.5, 0.6) is 0 Å². The van der Waals surface area contributed by atoms with Crippen LogP contribution in [-0.4, -0.2) is 9.97 Å². The number of nitrogens with two attached hydrogens (primary N) is 1. The molecule has 0 aliphatic heterocycles. The Kier molecular flexibility index (Phi) is 2.33. The first-order chi connectivity index (χ1) is 6.58. The van der Waals surface area contributed by atoms with Crippen molar-refractivity contribution in [1.82, 2.24) is 9.97 Å². The van der Waals surface area contributed by atoms with Gasteiger partial charge in [-0.3, -0.25) is 0 Å². The van der Waals surface area contributed by atoms with Gasteiger partial charge in [0.2, 0.25) is 0 Å². The van der Waals surface area contributed by atoms with Crippen molar-refractivity contribution in [2.45, 2.75) is 19.9 Å². The Balaban J connectivity index is 2.70. The maximum absolute atomic E-state index is 5.76. The van der Waals surface area contributed by atoms with E-state index in [-0.39, 0.29) is 6.04 Å². The first-order valence-electron chi connectivity index (χ1n) is 4.49. The van der Waals surface area contributed by atoms with Crippen LogP contribution in [0.1, 0.15) is 24.4 Å². The molecule has 2 aromatic rings. The molecular formula is C10H12BrN3. The molecule has 3 N–H and O–H groups in total. The predicted octanol–water partition coefficient (Wildman–Crippen LogP) is 2.65. The topological polar surface area (TPSA) is 54.7 Å². The van der Waals surface area contributed by atoms with E-state index in [0.29, 0.717) is 0 Å². The molecule has 0 bridgehead atoms. The van der Waals surface area contributed by atoms with E-state index in [4.69, 9.17) is 5.73 Å². The zero-order valence-electron chi connectivity index (χ0n) is 8.13. The maximum atomic E-state index is 5.76. The highest BCUT2D eigenvalue weighted by atomic mass is 79.9. The van der Waals surface area contributed by atoms with E-state index in [1.807, 2.05) is 26.0 Å². The van der Waals surface area contributed by atoms with E-state index in [9.17, 15) is 0 Å². The van der Waals surface area contributed by atoms with Gasteiger partial charge in [0, 0.05) is 4.47 Å². The van der Waals surface area contributed by atoms with Gasteiger partial charge in [0.1, 0.15) is 5.82 Å². The smallest absolute Gasteiger partial charge is 0.123 e. The summed E-state index contributed by atoms with van der Waals surface area (Å²) in [5.41, 5.74) is 8.94. The molecule has 0 amide bonds. The van der Waals surface area contributed by atoms with Gasteiger partial charge in [0.15, 0.2) is 0 Å². The molecule has 0 saturated carbocycles. The summed E-state index contributed by atoms with van der Waals surface area (Å²) < 4.78 is 1.06. The molecule has 0 unspecified atom stereocenters. The lowest BCUT2D eigenvalue weighted by Gasteiger charge is -1.96. The fraction of sp³-hybridized carbons (Fsp3) is 0.300. The second kappa shape index (κ2) is 3.37. The average molecular weight is 254 g/mol. The van der Waals surface area contributed by atoms with Crippen LogP contribution in [0.15, 0.2) is 16.6 Å². The van der Waals surface area contributed by atoms with Crippen LogP contribution in [0.25, 0.3) is 11.0 Å². The molecule has 0 fully saturated rings. The number of halogens is 1. The number of nitrogens with one attached hydrogen (secondary N) is 1. The quantitative estimate of drug-likeness (QED) is 0.821. The summed E-state index contributed by atoms with van der Waals surface area (Å²) in [6.45, 7) is 3.96. The van der Waals surface area contributed by atoms with Crippen LogP contribution >= 0.6 is 15.9 Å². The predicted molar refractivity (Wildman–Crippen MR) is 61.1 cm³/mol. The number of benzene rings is 1. The van der Waals surface area contributed by atoms with Gasteiger partial charge in [-0.1, -0.05) is 15.9 Å². The molecule has 1 aromatic carbocycles. The Morgan fingerprint density at radius 3 is 2.86 bits per heavy atom. The van der Waals surface area contributed by atoms with Crippen LogP contribution in [0.3, 0.4) is 0 Å². The summed E-state index contributed by atoms with van der Waals surface area (Å²) in [7, 11) is 0. The largest absolute Gasteiger partial charge is 0.341 e. The Morgan fingerprint density at radius 2 is 2.21 bits per heavy atom. The Hall–Kier alpha value is -0.870. The molecule has 3 nitrogen and oxygen atoms in total. The first kappa shape index (κ1) is 9.68. The third-order valence-electron chi connectivity index (χ3n) is 2.19. The van der Waals surface area contributed by atoms with Gasteiger partial charge in [-0.2, -0.15) is 0 Å². The van der Waals surface area contributed by atoms with Crippen LogP contribution in [0, 0.1) is 6.92 Å². The normalized spacial score (nSPS) is 13.4. The van der Waals surface area contributed by atoms with Gasteiger partial charge < -0.3 is 10.7 Å². The third-order valence-corrected chi connectivity index (χ3v) is 2.65. The molecule has 0 saturated heterocycles. The maximum Gasteiger partial charge on any atom is 0.123 e. The van der Waals surface area contributed by atoms with Crippen molar-refractivity contribution in [1.29, 1.82) is 0 Å². The summed E-state index contributed by atoms with van der Waals surface area (Å²) in [4.78, 5) is 7.66. The van der Waals surface area contributed by atoms with Gasteiger partial charge in [0.25, 0.3) is 0 Å². The number of fused-ring (bicyclic) bond motifs is 1. The number of aryl methyl sites for hydroxylation is 1. The van der Waals surface area contributed by atoms with Crippen molar-refractivity contribution in [3.63, 3.8) is 0 Å². The number of hydrogen-bond donors (Lipinski definition) is 2. The number of H-pyrrole nitrogens is 1. The van der Waals surface area contributed by atoms with E-state index in [2.05, 4.69) is 25.9 Å². The van der Waals surface area contributed by atoms with Gasteiger partial charge in [0.05, 0.1) is 17.1 Å². The minimum absolute atomic E-state index is 0.0550. The Labute approximate surface area is 90.8 Å². The molecule has 2 rings (SSSR count). The van der Waals surface area contributed by atoms with Crippen LogP contribution in [0.2, 0.25) is 0 Å². The molecule has 1 atom stereocenters. The van der Waals surface area contributed by atoms with Crippen molar-refractivity contribution in [2.24, 2.45) is 5.73 Å². The van der Waals surface area contributed by atoms with Crippen molar-refractivity contribution < 1.29 is 0 Å². The number of imidazole rings is 1. The highest BCUT2D eigenvalue weighted by Crippen LogP contribution is 2.23. The number of hydrogen-bond acceptors (Lipinski definition) is 2. The van der Waals surface area contributed by atoms with Crippen molar-refractivity contribution in [3.05, 3.63) is 28.0 Å². The lowest BCUT2D eigenvalue weighted by atomic mass is 10.2. The summed E-state index contributed by atoms with van der Waals surface area (Å²) in [6, 6.07) is 4.01. The van der Waals surface area contributed by atoms with Gasteiger partial charge in [-0.05, 0) is 31.5 Å². The second-order valence-electron chi connectivity index (χ2n) is 3.53. The highest BCUT2D eigenvalue weighted by Gasteiger charge is 2.08. The second-order valence-corrected chi connectivity index (χ2v) is 4.45. The van der Waals surface area contributed by atoms with E-state index in [1.54, 1.807) is 0 Å². The fourth-order valence-corrected chi connectivity index (χ4v) is 2.05. The first-order valence-corrected chi connectivity index (χ1v) is 5.28. The van der Waals surface area contributed by atoms with Crippen molar-refractivity contribution in [2.75, 3.05) is 0 Å². The summed E-state index contributed by atoms with van der Waals surface area (Å²) in [5, 5.41) is 0. The summed E-state index contributed by atoms with van der Waals surface area (Å²) in [6.07, 6.45) is 0. The van der Waals surface area contributed by atoms with E-state index < -0.39 is 0 Å². The SMILES string of the molecule is Cc1cc(Br)cc2[nH]c([C@@H](C)N)nc12. The molecule has 0 aliphatic carbocycles. The molecule has 1 aromatic heterocycles. The number of rotatable bonds is 1. The lowest BCUT2D eigenvalue weighted by Crippen LogP contribution is -2.06. The van der Waals surface area contributed by atoms with Gasteiger partial charge >= 0.3 is 0 Å². The Morgan fingerprint density at radius 1 is 1.50 bits per heavy atom.